The summed E-state index contributed by atoms with van der Waals surface area (Å²) in [7, 11) is 0. The van der Waals surface area contributed by atoms with Crippen molar-refractivity contribution in [2.75, 3.05) is 5.32 Å². The smallest absolute Gasteiger partial charge is 0.291 e. The zero-order valence-electron chi connectivity index (χ0n) is 13.9. The molecule has 1 amide bonds. The molecule has 4 aromatic rings. The third kappa shape index (κ3) is 2.83. The van der Waals surface area contributed by atoms with Gasteiger partial charge in [-0.15, -0.1) is 0 Å². The highest BCUT2D eigenvalue weighted by molar-refractivity contribution is 6.06. The first-order chi connectivity index (χ1) is 12.5. The van der Waals surface area contributed by atoms with E-state index in [9.17, 15) is 14.0 Å². The number of halogens is 1. The third-order valence-electron chi connectivity index (χ3n) is 4.19. The Morgan fingerprint density at radius 3 is 2.73 bits per heavy atom. The minimum absolute atomic E-state index is 0.236. The average molecular weight is 350 g/mol. The van der Waals surface area contributed by atoms with Crippen LogP contribution in [0.1, 0.15) is 5.56 Å². The molecule has 0 radical (unpaired) electrons. The number of aryl methyl sites for hydroxylation is 1. The lowest BCUT2D eigenvalue weighted by molar-refractivity contribution is -0.117. The van der Waals surface area contributed by atoms with Gasteiger partial charge in [0, 0.05) is 22.0 Å². The number of aromatic nitrogens is 3. The van der Waals surface area contributed by atoms with Crippen LogP contribution in [0.3, 0.4) is 0 Å². The van der Waals surface area contributed by atoms with Crippen LogP contribution in [0.25, 0.3) is 21.8 Å². The van der Waals surface area contributed by atoms with Crippen molar-refractivity contribution in [2.45, 2.75) is 13.5 Å². The van der Waals surface area contributed by atoms with Crippen LogP contribution in [-0.4, -0.2) is 20.7 Å². The molecule has 0 aliphatic carbocycles. The van der Waals surface area contributed by atoms with E-state index in [1.165, 1.54) is 24.3 Å². The van der Waals surface area contributed by atoms with Crippen molar-refractivity contribution in [3.05, 3.63) is 70.4 Å². The zero-order chi connectivity index (χ0) is 18.3. The number of amides is 1. The summed E-state index contributed by atoms with van der Waals surface area (Å²) >= 11 is 0. The molecule has 26 heavy (non-hydrogen) atoms. The first kappa shape index (κ1) is 16.0. The quantitative estimate of drug-likeness (QED) is 0.596. The summed E-state index contributed by atoms with van der Waals surface area (Å²) in [6, 6.07) is 11.3. The van der Waals surface area contributed by atoms with Crippen molar-refractivity contribution >= 4 is 33.4 Å². The molecule has 0 bridgehead atoms. The number of aromatic amines is 1. The summed E-state index contributed by atoms with van der Waals surface area (Å²) < 4.78 is 14.0. The molecule has 4 rings (SSSR count). The highest BCUT2D eigenvalue weighted by Gasteiger charge is 2.13. The van der Waals surface area contributed by atoms with Crippen LogP contribution in [0.2, 0.25) is 0 Å². The molecule has 130 valence electrons. The van der Waals surface area contributed by atoms with Gasteiger partial charge in [-0.1, -0.05) is 11.6 Å². The molecule has 0 aliphatic heterocycles. The SMILES string of the molecule is Cc1ccc2[nH]c3c(=O)n(CC(=O)Nc4ccc(F)cc4)ncc3c2c1. The highest BCUT2D eigenvalue weighted by Crippen LogP contribution is 2.23. The predicted molar refractivity (Wildman–Crippen MR) is 97.6 cm³/mol. The fraction of sp³-hybridized carbons (Fsp3) is 0.105. The van der Waals surface area contributed by atoms with E-state index in [0.29, 0.717) is 11.2 Å². The first-order valence-corrected chi connectivity index (χ1v) is 8.05. The minimum Gasteiger partial charge on any atom is -0.350 e. The second-order valence-corrected chi connectivity index (χ2v) is 6.13. The van der Waals surface area contributed by atoms with E-state index in [0.717, 1.165) is 26.5 Å². The Bertz CT molecular complexity index is 1190. The number of fused-ring (bicyclic) bond motifs is 3. The van der Waals surface area contributed by atoms with Crippen LogP contribution < -0.4 is 10.9 Å². The van der Waals surface area contributed by atoms with E-state index < -0.39 is 5.91 Å². The molecule has 0 saturated heterocycles. The van der Waals surface area contributed by atoms with Crippen molar-refractivity contribution in [2.24, 2.45) is 0 Å². The number of rotatable bonds is 3. The Morgan fingerprint density at radius 1 is 1.19 bits per heavy atom. The van der Waals surface area contributed by atoms with Crippen LogP contribution in [0, 0.1) is 12.7 Å². The van der Waals surface area contributed by atoms with Crippen LogP contribution in [0.4, 0.5) is 10.1 Å². The third-order valence-corrected chi connectivity index (χ3v) is 4.19. The lowest BCUT2D eigenvalue weighted by Gasteiger charge is -2.06. The van der Waals surface area contributed by atoms with Gasteiger partial charge in [0.05, 0.1) is 6.20 Å². The van der Waals surface area contributed by atoms with E-state index in [4.69, 9.17) is 0 Å². The molecular weight excluding hydrogens is 335 g/mol. The number of benzene rings is 2. The van der Waals surface area contributed by atoms with Gasteiger partial charge < -0.3 is 10.3 Å². The molecule has 0 saturated carbocycles. The Labute approximate surface area is 147 Å². The predicted octanol–water partition coefficient (Wildman–Crippen LogP) is 2.96. The Hall–Kier alpha value is -3.48. The number of hydrogen-bond donors (Lipinski definition) is 2. The highest BCUT2D eigenvalue weighted by atomic mass is 19.1. The molecule has 2 heterocycles. The Balaban J connectivity index is 1.65. The minimum atomic E-state index is -0.419. The fourth-order valence-corrected chi connectivity index (χ4v) is 2.92. The van der Waals surface area contributed by atoms with E-state index >= 15 is 0 Å². The summed E-state index contributed by atoms with van der Waals surface area (Å²) in [6.07, 6.45) is 1.58. The van der Waals surface area contributed by atoms with Crippen molar-refractivity contribution in [1.82, 2.24) is 14.8 Å². The van der Waals surface area contributed by atoms with Crippen LogP contribution >= 0.6 is 0 Å². The number of hydrogen-bond acceptors (Lipinski definition) is 3. The Kier molecular flexibility index (Phi) is 3.76. The zero-order valence-corrected chi connectivity index (χ0v) is 13.9. The summed E-state index contributed by atoms with van der Waals surface area (Å²) in [5.41, 5.74) is 2.42. The lowest BCUT2D eigenvalue weighted by atomic mass is 10.1. The Morgan fingerprint density at radius 2 is 1.96 bits per heavy atom. The number of H-pyrrole nitrogens is 1. The van der Waals surface area contributed by atoms with Gasteiger partial charge in [-0.25, -0.2) is 9.07 Å². The largest absolute Gasteiger partial charge is 0.350 e. The van der Waals surface area contributed by atoms with Crippen molar-refractivity contribution in [3.63, 3.8) is 0 Å². The van der Waals surface area contributed by atoms with E-state index in [-0.39, 0.29) is 17.9 Å². The maximum Gasteiger partial charge on any atom is 0.291 e. The summed E-state index contributed by atoms with van der Waals surface area (Å²) in [6.45, 7) is 1.74. The first-order valence-electron chi connectivity index (χ1n) is 8.05. The van der Waals surface area contributed by atoms with Crippen LogP contribution in [0.15, 0.2) is 53.5 Å². The summed E-state index contributed by atoms with van der Waals surface area (Å²) in [4.78, 5) is 27.9. The maximum atomic E-state index is 12.9. The van der Waals surface area contributed by atoms with Gasteiger partial charge in [0.25, 0.3) is 5.56 Å². The fourth-order valence-electron chi connectivity index (χ4n) is 2.92. The van der Waals surface area contributed by atoms with Gasteiger partial charge in [-0.3, -0.25) is 9.59 Å². The summed E-state index contributed by atoms with van der Waals surface area (Å²) in [5, 5.41) is 8.38. The molecule has 2 N–H and O–H groups in total. The summed E-state index contributed by atoms with van der Waals surface area (Å²) in [5.74, 6) is -0.808. The molecule has 2 aromatic heterocycles. The molecule has 6 nitrogen and oxygen atoms in total. The molecular formula is C19H15FN4O2. The van der Waals surface area contributed by atoms with Gasteiger partial charge in [0.15, 0.2) is 0 Å². The molecule has 7 heteroatoms. The van der Waals surface area contributed by atoms with Crippen molar-refractivity contribution in [3.8, 4) is 0 Å². The van der Waals surface area contributed by atoms with Gasteiger partial charge >= 0.3 is 0 Å². The number of carbonyl (C=O) groups excluding carboxylic acids is 1. The number of nitrogens with zero attached hydrogens (tertiary/aromatic N) is 2. The van der Waals surface area contributed by atoms with E-state index in [1.807, 2.05) is 25.1 Å². The molecule has 0 unspecified atom stereocenters. The van der Waals surface area contributed by atoms with Crippen molar-refractivity contribution in [1.29, 1.82) is 0 Å². The molecule has 2 aromatic carbocycles. The van der Waals surface area contributed by atoms with Crippen LogP contribution in [-0.2, 0) is 11.3 Å². The number of anilines is 1. The topological polar surface area (TPSA) is 79.8 Å². The second kappa shape index (κ2) is 6.11. The number of nitrogens with one attached hydrogen (secondary N) is 2. The van der Waals surface area contributed by atoms with E-state index in [1.54, 1.807) is 6.20 Å². The monoisotopic (exact) mass is 350 g/mol. The molecule has 0 spiro atoms. The van der Waals surface area contributed by atoms with E-state index in [2.05, 4.69) is 15.4 Å². The van der Waals surface area contributed by atoms with Gasteiger partial charge in [-0.05, 0) is 43.3 Å². The van der Waals surface area contributed by atoms with Gasteiger partial charge in [0.1, 0.15) is 17.9 Å². The molecule has 0 fully saturated rings. The standard InChI is InChI=1S/C19H15FN4O2/c1-11-2-7-16-14(8-11)15-9-21-24(19(26)18(15)23-16)10-17(25)22-13-5-3-12(20)4-6-13/h2-9,23H,10H2,1H3,(H,22,25). The number of carbonyl (C=O) groups is 1. The molecule has 0 atom stereocenters. The van der Waals surface area contributed by atoms with Gasteiger partial charge in [0.2, 0.25) is 5.91 Å². The lowest BCUT2D eigenvalue weighted by Crippen LogP contribution is -2.29. The normalized spacial score (nSPS) is 11.2. The molecule has 0 aliphatic rings. The average Bonchev–Trinajstić information content (AvgIpc) is 2.98. The van der Waals surface area contributed by atoms with Crippen molar-refractivity contribution < 1.29 is 9.18 Å². The second-order valence-electron chi connectivity index (χ2n) is 6.13. The maximum absolute atomic E-state index is 12.9. The van der Waals surface area contributed by atoms with Gasteiger partial charge in [-0.2, -0.15) is 5.10 Å². The van der Waals surface area contributed by atoms with Crippen LogP contribution in [0.5, 0.6) is 0 Å².